The fourth-order valence-corrected chi connectivity index (χ4v) is 5.03. The summed E-state index contributed by atoms with van der Waals surface area (Å²) < 4.78 is 27.1. The summed E-state index contributed by atoms with van der Waals surface area (Å²) >= 11 is 5.99. The third-order valence-corrected chi connectivity index (χ3v) is 7.04. The lowest BCUT2D eigenvalue weighted by atomic mass is 9.96. The Balaban J connectivity index is 1.76. The Hall–Kier alpha value is -3.20. The number of benzene rings is 2. The summed E-state index contributed by atoms with van der Waals surface area (Å²) in [6, 6.07) is 14.2. The van der Waals surface area contributed by atoms with Crippen LogP contribution in [0.4, 0.5) is 5.69 Å². The van der Waals surface area contributed by atoms with Gasteiger partial charge in [-0.25, -0.2) is 13.4 Å². The normalized spacial score (nSPS) is 11.6. The van der Waals surface area contributed by atoms with Gasteiger partial charge in [0.05, 0.1) is 11.4 Å². The Labute approximate surface area is 197 Å². The number of aromatic amines is 1. The van der Waals surface area contributed by atoms with Crippen LogP contribution in [-0.4, -0.2) is 29.9 Å². The molecule has 0 radical (unpaired) electrons. The van der Waals surface area contributed by atoms with E-state index >= 15 is 0 Å². The Kier molecular flexibility index (Phi) is 6.51. The van der Waals surface area contributed by atoms with Crippen molar-refractivity contribution in [3.8, 4) is 11.1 Å². The zero-order valence-electron chi connectivity index (χ0n) is 17.9. The monoisotopic (exact) mass is 482 g/mol. The van der Waals surface area contributed by atoms with Crippen molar-refractivity contribution in [3.05, 3.63) is 82.6 Å². The second kappa shape index (κ2) is 9.35. The van der Waals surface area contributed by atoms with Crippen LogP contribution in [0.25, 0.3) is 22.2 Å². The molecule has 0 atom stereocenters. The van der Waals surface area contributed by atoms with Crippen LogP contribution >= 0.6 is 11.6 Å². The maximum Gasteiger partial charge on any atom is 0.232 e. The van der Waals surface area contributed by atoms with E-state index in [1.165, 1.54) is 0 Å². The number of H-pyrrole nitrogens is 1. The van der Waals surface area contributed by atoms with Gasteiger partial charge >= 0.3 is 0 Å². The molecular weight excluding hydrogens is 460 g/mol. The molecular formula is C24H23ClN4O3S. The molecule has 4 aromatic rings. The number of ketones is 1. The third kappa shape index (κ3) is 4.78. The lowest BCUT2D eigenvalue weighted by Gasteiger charge is -2.14. The predicted octanol–water partition coefficient (Wildman–Crippen LogP) is 4.72. The van der Waals surface area contributed by atoms with Crippen molar-refractivity contribution < 1.29 is 13.2 Å². The predicted molar refractivity (Wildman–Crippen MR) is 132 cm³/mol. The van der Waals surface area contributed by atoms with Gasteiger partial charge < -0.3 is 10.7 Å². The number of sulfonamides is 1. The number of hydrogen-bond donors (Lipinski definition) is 3. The van der Waals surface area contributed by atoms with Gasteiger partial charge in [-0.1, -0.05) is 42.8 Å². The molecule has 0 aliphatic carbocycles. The first-order chi connectivity index (χ1) is 15.8. The number of carbonyl (C=O) groups is 1. The van der Waals surface area contributed by atoms with Gasteiger partial charge in [0.1, 0.15) is 5.65 Å². The number of halogens is 1. The molecule has 0 amide bonds. The summed E-state index contributed by atoms with van der Waals surface area (Å²) in [5.41, 5.74) is 9.80. The molecule has 2 aromatic heterocycles. The first kappa shape index (κ1) is 23.0. The van der Waals surface area contributed by atoms with Gasteiger partial charge in [0.15, 0.2) is 5.78 Å². The Morgan fingerprint density at radius 1 is 1.12 bits per heavy atom. The zero-order chi connectivity index (χ0) is 23.6. The average Bonchev–Trinajstić information content (AvgIpc) is 3.22. The van der Waals surface area contributed by atoms with Gasteiger partial charge in [0, 0.05) is 51.6 Å². The van der Waals surface area contributed by atoms with E-state index in [-0.39, 0.29) is 18.1 Å². The van der Waals surface area contributed by atoms with Crippen LogP contribution in [-0.2, 0) is 16.6 Å². The lowest BCUT2D eigenvalue weighted by molar-refractivity contribution is 0.103. The first-order valence-corrected chi connectivity index (χ1v) is 12.5. The highest BCUT2D eigenvalue weighted by molar-refractivity contribution is 7.92. The average molecular weight is 483 g/mol. The van der Waals surface area contributed by atoms with E-state index in [0.717, 1.165) is 11.1 Å². The largest absolute Gasteiger partial charge is 0.345 e. The van der Waals surface area contributed by atoms with Crippen LogP contribution in [0.15, 0.2) is 60.9 Å². The van der Waals surface area contributed by atoms with E-state index in [1.54, 1.807) is 49.6 Å². The maximum absolute atomic E-state index is 13.5. The summed E-state index contributed by atoms with van der Waals surface area (Å²) in [4.78, 5) is 21.0. The van der Waals surface area contributed by atoms with Crippen LogP contribution in [0, 0.1) is 0 Å². The van der Waals surface area contributed by atoms with E-state index in [0.29, 0.717) is 44.9 Å². The molecule has 4 N–H and O–H groups in total. The third-order valence-electron chi connectivity index (χ3n) is 5.32. The van der Waals surface area contributed by atoms with E-state index in [1.807, 2.05) is 18.2 Å². The van der Waals surface area contributed by atoms with Gasteiger partial charge in [-0.2, -0.15) is 0 Å². The smallest absolute Gasteiger partial charge is 0.232 e. The molecule has 0 saturated carbocycles. The lowest BCUT2D eigenvalue weighted by Crippen LogP contribution is -2.19. The molecule has 0 aliphatic heterocycles. The molecule has 2 heterocycles. The summed E-state index contributed by atoms with van der Waals surface area (Å²) in [6.45, 7) is 1.79. The van der Waals surface area contributed by atoms with E-state index in [9.17, 15) is 13.2 Å². The second-order valence-electron chi connectivity index (χ2n) is 7.62. The minimum absolute atomic E-state index is 0.00250. The number of nitrogens with zero attached hydrogens (tertiary/aromatic N) is 1. The van der Waals surface area contributed by atoms with Crippen LogP contribution in [0.2, 0.25) is 5.02 Å². The fraction of sp³-hybridized carbons (Fsp3) is 0.167. The van der Waals surface area contributed by atoms with Crippen molar-refractivity contribution in [2.45, 2.75) is 19.9 Å². The van der Waals surface area contributed by atoms with Crippen molar-refractivity contribution in [2.24, 2.45) is 5.73 Å². The van der Waals surface area contributed by atoms with Gasteiger partial charge in [0.25, 0.3) is 0 Å². The summed E-state index contributed by atoms with van der Waals surface area (Å²) in [5, 5.41) is 1.29. The van der Waals surface area contributed by atoms with Crippen molar-refractivity contribution in [1.29, 1.82) is 0 Å². The first-order valence-electron chi connectivity index (χ1n) is 10.4. The number of fused-ring (bicyclic) bond motifs is 1. The van der Waals surface area contributed by atoms with Gasteiger partial charge in [0.2, 0.25) is 10.0 Å². The molecule has 0 saturated heterocycles. The van der Waals surface area contributed by atoms with Crippen LogP contribution < -0.4 is 10.5 Å². The highest BCUT2D eigenvalue weighted by Gasteiger charge is 2.21. The van der Waals surface area contributed by atoms with Crippen molar-refractivity contribution in [2.75, 3.05) is 10.5 Å². The molecule has 170 valence electrons. The number of aromatic nitrogens is 2. The molecule has 33 heavy (non-hydrogen) atoms. The maximum atomic E-state index is 13.5. The number of anilines is 1. The molecule has 2 aromatic carbocycles. The molecule has 0 aliphatic rings. The Bertz CT molecular complexity index is 1430. The highest BCUT2D eigenvalue weighted by atomic mass is 35.5. The van der Waals surface area contributed by atoms with Crippen LogP contribution in [0.1, 0.15) is 34.8 Å². The fourth-order valence-electron chi connectivity index (χ4n) is 3.74. The van der Waals surface area contributed by atoms with Gasteiger partial charge in [-0.15, -0.1) is 0 Å². The topological polar surface area (TPSA) is 118 Å². The van der Waals surface area contributed by atoms with Crippen molar-refractivity contribution in [1.82, 2.24) is 9.97 Å². The molecule has 0 unspecified atom stereocenters. The second-order valence-corrected chi connectivity index (χ2v) is 9.89. The number of hydrogen-bond acceptors (Lipinski definition) is 5. The van der Waals surface area contributed by atoms with E-state index in [2.05, 4.69) is 14.7 Å². The van der Waals surface area contributed by atoms with Crippen molar-refractivity contribution in [3.63, 3.8) is 0 Å². The van der Waals surface area contributed by atoms with Crippen LogP contribution in [0.3, 0.4) is 0 Å². The number of nitrogens with one attached hydrogen (secondary N) is 2. The minimum Gasteiger partial charge on any atom is -0.345 e. The zero-order valence-corrected chi connectivity index (χ0v) is 19.5. The Morgan fingerprint density at radius 2 is 1.88 bits per heavy atom. The highest BCUT2D eigenvalue weighted by Crippen LogP contribution is 2.29. The number of carbonyl (C=O) groups excluding carboxylic acids is 1. The molecule has 7 nitrogen and oxygen atoms in total. The molecule has 4 rings (SSSR count). The van der Waals surface area contributed by atoms with Crippen LogP contribution in [0.5, 0.6) is 0 Å². The number of pyridine rings is 1. The quantitative estimate of drug-likeness (QED) is 0.314. The summed E-state index contributed by atoms with van der Waals surface area (Å²) in [5.74, 6) is -0.287. The molecule has 9 heteroatoms. The van der Waals surface area contributed by atoms with Gasteiger partial charge in [-0.05, 0) is 36.2 Å². The van der Waals surface area contributed by atoms with Gasteiger partial charge in [-0.3, -0.25) is 9.52 Å². The molecule has 0 spiro atoms. The standard InChI is InChI=1S/C24H23ClN4O3S/c1-2-10-33(31,32)29-22-5-3-4-18(20(22)12-26)23(30)21-14-28-24-19(21)11-16(13-27-24)15-6-8-17(25)9-7-15/h3-9,11,13-14,29H,2,10,12,26H2,1H3,(H,27,28). The SMILES string of the molecule is CCCS(=O)(=O)Nc1cccc(C(=O)c2c[nH]c3ncc(-c4ccc(Cl)cc4)cc23)c1CN. The molecule has 0 bridgehead atoms. The van der Waals surface area contributed by atoms with E-state index < -0.39 is 10.0 Å². The summed E-state index contributed by atoms with van der Waals surface area (Å²) in [6.07, 6.45) is 3.81. The summed E-state index contributed by atoms with van der Waals surface area (Å²) in [7, 11) is -3.53. The van der Waals surface area contributed by atoms with Crippen molar-refractivity contribution >= 4 is 44.1 Å². The molecule has 0 fully saturated rings. The number of nitrogens with two attached hydrogens (primary N) is 1. The minimum atomic E-state index is -3.53. The van der Waals surface area contributed by atoms with E-state index in [4.69, 9.17) is 17.3 Å². The Morgan fingerprint density at radius 3 is 2.58 bits per heavy atom. The number of rotatable bonds is 8.